The summed E-state index contributed by atoms with van der Waals surface area (Å²) in [5.74, 6) is -0.0650. The zero-order valence-electron chi connectivity index (χ0n) is 13.9. The zero-order valence-corrected chi connectivity index (χ0v) is 14.6. The van der Waals surface area contributed by atoms with Crippen molar-refractivity contribution in [3.8, 4) is 11.1 Å². The lowest BCUT2D eigenvalue weighted by Gasteiger charge is -2.17. The molecule has 0 unspecified atom stereocenters. The molecule has 1 N–H and O–H groups in total. The quantitative estimate of drug-likeness (QED) is 0.698. The van der Waals surface area contributed by atoms with Gasteiger partial charge in [0.25, 0.3) is 0 Å². The second-order valence-electron chi connectivity index (χ2n) is 5.34. The van der Waals surface area contributed by atoms with Gasteiger partial charge in [-0.2, -0.15) is 0 Å². The van der Waals surface area contributed by atoms with Gasteiger partial charge in [0.2, 0.25) is 0 Å². The number of nitrogens with zero attached hydrogens (tertiary/aromatic N) is 3. The molecule has 1 aromatic heterocycles. The summed E-state index contributed by atoms with van der Waals surface area (Å²) in [7, 11) is 1.82. The molecule has 0 spiro atoms. The summed E-state index contributed by atoms with van der Waals surface area (Å²) in [4.78, 5) is 13.7. The van der Waals surface area contributed by atoms with Crippen LogP contribution in [0.4, 0.5) is 11.5 Å². The second kappa shape index (κ2) is 7.36. The first-order valence-corrected chi connectivity index (χ1v) is 8.16. The van der Waals surface area contributed by atoms with Crippen LogP contribution in [-0.4, -0.2) is 35.0 Å². The SMILES string of the molecule is CCOC(=O)c1[nH]nnc1N(C)c1ccc(-c2ccc(Cl)cc2)cc1. The van der Waals surface area contributed by atoms with E-state index >= 15 is 0 Å². The lowest BCUT2D eigenvalue weighted by Crippen LogP contribution is -2.15. The highest BCUT2D eigenvalue weighted by atomic mass is 35.5. The van der Waals surface area contributed by atoms with Gasteiger partial charge >= 0.3 is 5.97 Å². The molecule has 1 heterocycles. The number of ether oxygens (including phenoxy) is 1. The first-order chi connectivity index (χ1) is 12.1. The number of nitrogens with one attached hydrogen (secondary N) is 1. The number of H-pyrrole nitrogens is 1. The Kier molecular flexibility index (Phi) is 5.00. The number of aromatic nitrogens is 3. The highest BCUT2D eigenvalue weighted by Crippen LogP contribution is 2.28. The van der Waals surface area contributed by atoms with Gasteiger partial charge in [0.15, 0.2) is 11.5 Å². The van der Waals surface area contributed by atoms with Crippen LogP contribution in [0.3, 0.4) is 0 Å². The van der Waals surface area contributed by atoms with Crippen molar-refractivity contribution in [3.63, 3.8) is 0 Å². The normalized spacial score (nSPS) is 10.5. The van der Waals surface area contributed by atoms with Crippen LogP contribution >= 0.6 is 11.6 Å². The largest absolute Gasteiger partial charge is 0.461 e. The van der Waals surface area contributed by atoms with Gasteiger partial charge in [0.1, 0.15) is 0 Å². The van der Waals surface area contributed by atoms with Crippen LogP contribution in [0.2, 0.25) is 5.02 Å². The molecular weight excluding hydrogens is 340 g/mol. The Balaban J connectivity index is 1.84. The molecule has 25 heavy (non-hydrogen) atoms. The minimum absolute atomic E-state index is 0.228. The van der Waals surface area contributed by atoms with Crippen LogP contribution in [0.25, 0.3) is 11.1 Å². The van der Waals surface area contributed by atoms with E-state index in [1.165, 1.54) is 0 Å². The Bertz CT molecular complexity index is 860. The minimum Gasteiger partial charge on any atom is -0.461 e. The number of aromatic amines is 1. The fraction of sp³-hybridized carbons (Fsp3) is 0.167. The van der Waals surface area contributed by atoms with Crippen molar-refractivity contribution in [3.05, 3.63) is 59.2 Å². The molecule has 0 aliphatic rings. The van der Waals surface area contributed by atoms with Crippen molar-refractivity contribution in [2.75, 3.05) is 18.6 Å². The van der Waals surface area contributed by atoms with E-state index in [2.05, 4.69) is 15.4 Å². The van der Waals surface area contributed by atoms with Gasteiger partial charge in [-0.15, -0.1) is 5.10 Å². The number of hydrogen-bond acceptors (Lipinski definition) is 5. The van der Waals surface area contributed by atoms with Crippen molar-refractivity contribution < 1.29 is 9.53 Å². The summed E-state index contributed by atoms with van der Waals surface area (Å²) in [5.41, 5.74) is 3.25. The van der Waals surface area contributed by atoms with Gasteiger partial charge in [-0.1, -0.05) is 41.1 Å². The number of halogens is 1. The molecule has 0 fully saturated rings. The number of carbonyl (C=O) groups excluding carboxylic acids is 1. The molecule has 0 bridgehead atoms. The first-order valence-electron chi connectivity index (χ1n) is 7.78. The van der Waals surface area contributed by atoms with Crippen LogP contribution in [0.1, 0.15) is 17.4 Å². The smallest absolute Gasteiger partial charge is 0.360 e. The summed E-state index contributed by atoms with van der Waals surface area (Å²) in [6.45, 7) is 2.04. The lowest BCUT2D eigenvalue weighted by molar-refractivity contribution is 0.0520. The molecule has 2 aromatic carbocycles. The molecular formula is C18H17ClN4O2. The molecule has 6 nitrogen and oxygen atoms in total. The molecule has 3 aromatic rings. The van der Waals surface area contributed by atoms with E-state index in [-0.39, 0.29) is 12.3 Å². The number of hydrogen-bond donors (Lipinski definition) is 1. The zero-order chi connectivity index (χ0) is 17.8. The Morgan fingerprint density at radius 3 is 2.32 bits per heavy atom. The average molecular weight is 357 g/mol. The number of anilines is 2. The molecule has 3 rings (SSSR count). The molecule has 0 aliphatic heterocycles. The van der Waals surface area contributed by atoms with E-state index in [9.17, 15) is 4.79 Å². The van der Waals surface area contributed by atoms with E-state index < -0.39 is 5.97 Å². The molecule has 128 valence electrons. The van der Waals surface area contributed by atoms with Gasteiger partial charge in [-0.3, -0.25) is 0 Å². The predicted molar refractivity (Wildman–Crippen MR) is 97.3 cm³/mol. The fourth-order valence-corrected chi connectivity index (χ4v) is 2.57. The predicted octanol–water partition coefficient (Wildman–Crippen LogP) is 4.07. The third-order valence-corrected chi connectivity index (χ3v) is 4.01. The summed E-state index contributed by atoms with van der Waals surface area (Å²) >= 11 is 5.93. The lowest BCUT2D eigenvalue weighted by atomic mass is 10.1. The van der Waals surface area contributed by atoms with Gasteiger partial charge in [0.05, 0.1) is 6.61 Å². The Labute approximate surface area is 150 Å². The first kappa shape index (κ1) is 17.0. The molecule has 7 heteroatoms. The van der Waals surface area contributed by atoms with Crippen molar-refractivity contribution in [1.29, 1.82) is 0 Å². The van der Waals surface area contributed by atoms with E-state index in [4.69, 9.17) is 16.3 Å². The minimum atomic E-state index is -0.480. The van der Waals surface area contributed by atoms with Gasteiger partial charge in [-0.05, 0) is 42.3 Å². The maximum absolute atomic E-state index is 12.0. The topological polar surface area (TPSA) is 71.1 Å². The van der Waals surface area contributed by atoms with E-state index in [1.54, 1.807) is 11.8 Å². The van der Waals surface area contributed by atoms with E-state index in [1.807, 2.05) is 55.6 Å². The number of carbonyl (C=O) groups is 1. The highest BCUT2D eigenvalue weighted by molar-refractivity contribution is 6.30. The Morgan fingerprint density at radius 2 is 1.72 bits per heavy atom. The maximum Gasteiger partial charge on any atom is 0.360 e. The Hall–Kier alpha value is -2.86. The van der Waals surface area contributed by atoms with Gasteiger partial charge < -0.3 is 9.64 Å². The highest BCUT2D eigenvalue weighted by Gasteiger charge is 2.20. The van der Waals surface area contributed by atoms with Crippen molar-refractivity contribution >= 4 is 29.1 Å². The number of benzene rings is 2. The number of esters is 1. The van der Waals surface area contributed by atoms with E-state index in [0.717, 1.165) is 16.8 Å². The summed E-state index contributed by atoms with van der Waals surface area (Å²) < 4.78 is 5.01. The molecule has 0 amide bonds. The van der Waals surface area contributed by atoms with Crippen LogP contribution in [0.15, 0.2) is 48.5 Å². The van der Waals surface area contributed by atoms with E-state index in [0.29, 0.717) is 10.8 Å². The van der Waals surface area contributed by atoms with Crippen LogP contribution < -0.4 is 4.90 Å². The molecule has 0 saturated heterocycles. The molecule has 0 atom stereocenters. The third kappa shape index (κ3) is 3.64. The van der Waals surface area contributed by atoms with Gasteiger partial charge in [-0.25, -0.2) is 9.89 Å². The van der Waals surface area contributed by atoms with Crippen molar-refractivity contribution in [1.82, 2.24) is 15.4 Å². The molecule has 0 saturated carbocycles. The fourth-order valence-electron chi connectivity index (χ4n) is 2.44. The molecule has 0 radical (unpaired) electrons. The van der Waals surface area contributed by atoms with Crippen LogP contribution in [-0.2, 0) is 4.74 Å². The summed E-state index contributed by atoms with van der Waals surface area (Å²) in [6, 6.07) is 15.6. The Morgan fingerprint density at radius 1 is 1.12 bits per heavy atom. The van der Waals surface area contributed by atoms with Gasteiger partial charge in [0, 0.05) is 17.8 Å². The van der Waals surface area contributed by atoms with Crippen molar-refractivity contribution in [2.24, 2.45) is 0 Å². The average Bonchev–Trinajstić information content (AvgIpc) is 3.12. The summed E-state index contributed by atoms with van der Waals surface area (Å²) in [5, 5.41) is 11.0. The maximum atomic E-state index is 12.0. The van der Waals surface area contributed by atoms with Crippen molar-refractivity contribution in [2.45, 2.75) is 6.92 Å². The second-order valence-corrected chi connectivity index (χ2v) is 5.78. The van der Waals surface area contributed by atoms with Crippen LogP contribution in [0, 0.1) is 0 Å². The third-order valence-electron chi connectivity index (χ3n) is 3.76. The monoisotopic (exact) mass is 356 g/mol. The molecule has 0 aliphatic carbocycles. The number of rotatable bonds is 5. The van der Waals surface area contributed by atoms with Crippen LogP contribution in [0.5, 0.6) is 0 Å². The standard InChI is InChI=1S/C18H17ClN4O2/c1-3-25-18(24)16-17(21-22-20-16)23(2)15-10-6-13(7-11-15)12-4-8-14(19)9-5-12/h4-11H,3H2,1-2H3,(H,20,21,22). The summed E-state index contributed by atoms with van der Waals surface area (Å²) in [6.07, 6.45) is 0.